The van der Waals surface area contributed by atoms with E-state index in [9.17, 15) is 27.7 Å². The van der Waals surface area contributed by atoms with Crippen molar-refractivity contribution in [2.24, 2.45) is 5.10 Å². The van der Waals surface area contributed by atoms with Crippen LogP contribution in [-0.4, -0.2) is 18.2 Å². The lowest BCUT2D eigenvalue weighted by Crippen LogP contribution is -2.06. The van der Waals surface area contributed by atoms with E-state index < -0.39 is 22.4 Å². The van der Waals surface area contributed by atoms with Crippen LogP contribution in [0.2, 0.25) is 0 Å². The Hall–Kier alpha value is -4.15. The zero-order chi connectivity index (χ0) is 24.0. The van der Waals surface area contributed by atoms with Crippen LogP contribution in [0.25, 0.3) is 0 Å². The quantitative estimate of drug-likeness (QED) is 0.198. The number of hydrogen-bond donors (Lipinski definition) is 1. The number of anilines is 1. The van der Waals surface area contributed by atoms with Crippen molar-refractivity contribution in [2.75, 3.05) is 12.5 Å². The highest BCUT2D eigenvalue weighted by atomic mass is 19.4. The molecule has 0 fully saturated rings. The molecule has 0 radical (unpaired) electrons. The average molecular weight is 463 g/mol. The van der Waals surface area contributed by atoms with Crippen molar-refractivity contribution in [2.45, 2.75) is 12.8 Å². The van der Waals surface area contributed by atoms with Crippen molar-refractivity contribution in [3.05, 3.63) is 93.3 Å². The van der Waals surface area contributed by atoms with Crippen molar-refractivity contribution < 1.29 is 32.0 Å². The van der Waals surface area contributed by atoms with E-state index in [0.29, 0.717) is 28.7 Å². The van der Waals surface area contributed by atoms with Crippen LogP contribution in [-0.2, 0) is 12.8 Å². The van der Waals surface area contributed by atoms with E-state index in [0.717, 1.165) is 12.1 Å². The maximum absolute atomic E-state index is 13.3. The van der Waals surface area contributed by atoms with Gasteiger partial charge in [-0.15, -0.1) is 0 Å². The van der Waals surface area contributed by atoms with E-state index in [4.69, 9.17) is 9.47 Å². The lowest BCUT2D eigenvalue weighted by molar-refractivity contribution is -0.384. The van der Waals surface area contributed by atoms with Gasteiger partial charge in [-0.2, -0.15) is 18.3 Å². The SMILES string of the molecule is COc1cc(/C=N\Nc2ccc(C(F)(F)F)cc2[N+](=O)[O-])ccc1OCc1cccc(F)c1. The minimum atomic E-state index is -4.71. The Morgan fingerprint density at radius 1 is 1.09 bits per heavy atom. The zero-order valence-electron chi connectivity index (χ0n) is 17.1. The van der Waals surface area contributed by atoms with E-state index in [2.05, 4.69) is 10.5 Å². The minimum absolute atomic E-state index is 0.112. The molecule has 0 amide bonds. The third-order valence-electron chi connectivity index (χ3n) is 4.39. The van der Waals surface area contributed by atoms with Crippen molar-refractivity contribution in [3.8, 4) is 11.5 Å². The highest BCUT2D eigenvalue weighted by Crippen LogP contribution is 2.35. The molecule has 0 atom stereocenters. The monoisotopic (exact) mass is 463 g/mol. The molecular weight excluding hydrogens is 446 g/mol. The molecule has 0 bridgehead atoms. The predicted octanol–water partition coefficient (Wildman–Crippen LogP) is 5.79. The van der Waals surface area contributed by atoms with Crippen LogP contribution in [0.15, 0.2) is 65.8 Å². The van der Waals surface area contributed by atoms with Crippen molar-refractivity contribution >= 4 is 17.6 Å². The Labute approximate surface area is 185 Å². The Morgan fingerprint density at radius 3 is 2.55 bits per heavy atom. The molecule has 0 heterocycles. The summed E-state index contributed by atoms with van der Waals surface area (Å²) in [5.41, 5.74) is 1.43. The Morgan fingerprint density at radius 2 is 1.88 bits per heavy atom. The second-order valence-corrected chi connectivity index (χ2v) is 6.69. The summed E-state index contributed by atoms with van der Waals surface area (Å²) in [4.78, 5) is 10.2. The fraction of sp³-hybridized carbons (Fsp3) is 0.136. The Bertz CT molecular complexity index is 1180. The Balaban J connectivity index is 1.72. The van der Waals surface area contributed by atoms with Crippen LogP contribution in [0.1, 0.15) is 16.7 Å². The largest absolute Gasteiger partial charge is 0.493 e. The number of benzene rings is 3. The summed E-state index contributed by atoms with van der Waals surface area (Å²) in [5, 5.41) is 15.0. The predicted molar refractivity (Wildman–Crippen MR) is 113 cm³/mol. The third-order valence-corrected chi connectivity index (χ3v) is 4.39. The van der Waals surface area contributed by atoms with Crippen LogP contribution in [0.5, 0.6) is 11.5 Å². The van der Waals surface area contributed by atoms with E-state index in [-0.39, 0.29) is 18.1 Å². The number of nitro groups is 1. The number of nitrogens with one attached hydrogen (secondary N) is 1. The summed E-state index contributed by atoms with van der Waals surface area (Å²) < 4.78 is 62.6. The molecule has 0 spiro atoms. The molecule has 3 rings (SSSR count). The van der Waals surface area contributed by atoms with E-state index in [1.54, 1.807) is 30.3 Å². The molecule has 7 nitrogen and oxygen atoms in total. The maximum atomic E-state index is 13.3. The lowest BCUT2D eigenvalue weighted by Gasteiger charge is -2.11. The molecule has 1 N–H and O–H groups in total. The van der Waals surface area contributed by atoms with Crippen LogP contribution < -0.4 is 14.9 Å². The van der Waals surface area contributed by atoms with Gasteiger partial charge in [0.1, 0.15) is 18.1 Å². The smallest absolute Gasteiger partial charge is 0.416 e. The minimum Gasteiger partial charge on any atom is -0.493 e. The van der Waals surface area contributed by atoms with Gasteiger partial charge in [-0.3, -0.25) is 15.5 Å². The van der Waals surface area contributed by atoms with Crippen molar-refractivity contribution in [1.82, 2.24) is 0 Å². The fourth-order valence-corrected chi connectivity index (χ4v) is 2.80. The van der Waals surface area contributed by atoms with Crippen LogP contribution in [0, 0.1) is 15.9 Å². The zero-order valence-corrected chi connectivity index (χ0v) is 17.1. The van der Waals surface area contributed by atoms with Gasteiger partial charge in [0.05, 0.1) is 23.8 Å². The van der Waals surface area contributed by atoms with Gasteiger partial charge in [0.15, 0.2) is 11.5 Å². The van der Waals surface area contributed by atoms with Gasteiger partial charge in [0.2, 0.25) is 0 Å². The molecule has 0 saturated heterocycles. The second-order valence-electron chi connectivity index (χ2n) is 6.69. The summed E-state index contributed by atoms with van der Waals surface area (Å²) in [6, 6.07) is 12.8. The first-order valence-electron chi connectivity index (χ1n) is 9.37. The van der Waals surface area contributed by atoms with Gasteiger partial charge in [-0.25, -0.2) is 4.39 Å². The van der Waals surface area contributed by atoms with Gasteiger partial charge in [-0.05, 0) is 53.6 Å². The van der Waals surface area contributed by atoms with Gasteiger partial charge in [-0.1, -0.05) is 12.1 Å². The number of rotatable bonds is 8. The number of hydrazone groups is 1. The number of hydrogen-bond acceptors (Lipinski definition) is 6. The molecule has 3 aromatic carbocycles. The number of halogens is 4. The molecule has 0 saturated carbocycles. The standard InChI is InChI=1S/C22H17F4N3O4/c1-32-21-10-14(5-8-20(21)33-13-15-3-2-4-17(23)9-15)12-27-28-18-7-6-16(22(24,25)26)11-19(18)29(30)31/h2-12,28H,13H2,1H3/b27-12-. The van der Waals surface area contributed by atoms with E-state index in [1.807, 2.05) is 0 Å². The first kappa shape index (κ1) is 23.5. The van der Waals surface area contributed by atoms with Crippen molar-refractivity contribution in [3.63, 3.8) is 0 Å². The molecule has 0 aliphatic carbocycles. The molecular formula is C22H17F4N3O4. The van der Waals surface area contributed by atoms with Crippen LogP contribution in [0.3, 0.4) is 0 Å². The molecule has 0 unspecified atom stereocenters. The van der Waals surface area contributed by atoms with Gasteiger partial charge in [0, 0.05) is 6.07 Å². The highest BCUT2D eigenvalue weighted by Gasteiger charge is 2.33. The molecule has 3 aromatic rings. The van der Waals surface area contributed by atoms with Gasteiger partial charge >= 0.3 is 6.18 Å². The third kappa shape index (κ3) is 6.19. The van der Waals surface area contributed by atoms with Gasteiger partial charge in [0.25, 0.3) is 5.69 Å². The first-order valence-corrected chi connectivity index (χ1v) is 9.37. The molecule has 0 aromatic heterocycles. The Kier molecular flexibility index (Phi) is 7.11. The van der Waals surface area contributed by atoms with Crippen LogP contribution >= 0.6 is 0 Å². The molecule has 0 aliphatic rings. The normalized spacial score (nSPS) is 11.4. The molecule has 172 valence electrons. The summed E-state index contributed by atoms with van der Waals surface area (Å²) in [6.07, 6.45) is -3.40. The lowest BCUT2D eigenvalue weighted by atomic mass is 10.1. The topological polar surface area (TPSA) is 86.0 Å². The van der Waals surface area contributed by atoms with Crippen LogP contribution in [0.4, 0.5) is 28.9 Å². The average Bonchev–Trinajstić information content (AvgIpc) is 2.77. The molecule has 0 aliphatic heterocycles. The summed E-state index contributed by atoms with van der Waals surface area (Å²) >= 11 is 0. The maximum Gasteiger partial charge on any atom is 0.416 e. The number of nitro benzene ring substituents is 1. The number of ether oxygens (including phenoxy) is 2. The van der Waals surface area contributed by atoms with Gasteiger partial charge < -0.3 is 9.47 Å². The molecule has 33 heavy (non-hydrogen) atoms. The first-order chi connectivity index (χ1) is 15.7. The second kappa shape index (κ2) is 9.98. The number of methoxy groups -OCH3 is 1. The summed E-state index contributed by atoms with van der Waals surface area (Å²) in [6.45, 7) is 0.112. The number of alkyl halides is 3. The number of nitrogens with zero attached hydrogens (tertiary/aromatic N) is 2. The molecule has 11 heteroatoms. The fourth-order valence-electron chi connectivity index (χ4n) is 2.80. The van der Waals surface area contributed by atoms with E-state index >= 15 is 0 Å². The van der Waals surface area contributed by atoms with E-state index in [1.165, 1.54) is 25.5 Å². The van der Waals surface area contributed by atoms with Crippen molar-refractivity contribution in [1.29, 1.82) is 0 Å². The highest BCUT2D eigenvalue weighted by molar-refractivity contribution is 5.82. The summed E-state index contributed by atoms with van der Waals surface area (Å²) in [7, 11) is 1.43. The summed E-state index contributed by atoms with van der Waals surface area (Å²) in [5.74, 6) is 0.372.